The third-order valence-corrected chi connectivity index (χ3v) is 5.04. The SMILES string of the molecule is Cc1cc(-c2ccccc2)c(C2NC=Nc3ccccc32)s1. The second kappa shape index (κ2) is 5.43. The molecule has 0 aliphatic carbocycles. The van der Waals surface area contributed by atoms with Crippen molar-refractivity contribution >= 4 is 23.4 Å². The highest BCUT2D eigenvalue weighted by Crippen LogP contribution is 2.41. The van der Waals surface area contributed by atoms with Crippen LogP contribution in [0.4, 0.5) is 5.69 Å². The van der Waals surface area contributed by atoms with Gasteiger partial charge >= 0.3 is 0 Å². The molecule has 0 spiro atoms. The van der Waals surface area contributed by atoms with Gasteiger partial charge in [0.25, 0.3) is 0 Å². The predicted molar refractivity (Wildman–Crippen MR) is 94.1 cm³/mol. The molecule has 0 fully saturated rings. The fraction of sp³-hybridized carbons (Fsp3) is 0.105. The zero-order chi connectivity index (χ0) is 14.9. The standard InChI is InChI=1S/C19H16N2S/c1-13-11-16(14-7-3-2-4-8-14)19(22-13)18-15-9-5-6-10-17(15)20-12-21-18/h2-12,18H,1H3,(H,20,21). The Balaban J connectivity index is 1.86. The minimum absolute atomic E-state index is 0.169. The van der Waals surface area contributed by atoms with Gasteiger partial charge in [-0.3, -0.25) is 0 Å². The lowest BCUT2D eigenvalue weighted by molar-refractivity contribution is 0.779. The molecule has 3 aromatic rings. The van der Waals surface area contributed by atoms with Crippen molar-refractivity contribution in [2.24, 2.45) is 4.99 Å². The van der Waals surface area contributed by atoms with Crippen molar-refractivity contribution in [3.05, 3.63) is 76.0 Å². The number of fused-ring (bicyclic) bond motifs is 1. The average molecular weight is 304 g/mol. The fourth-order valence-electron chi connectivity index (χ4n) is 2.93. The number of para-hydroxylation sites is 1. The molecule has 0 radical (unpaired) electrons. The van der Waals surface area contributed by atoms with Crippen molar-refractivity contribution in [3.8, 4) is 11.1 Å². The van der Waals surface area contributed by atoms with E-state index >= 15 is 0 Å². The van der Waals surface area contributed by atoms with Crippen LogP contribution < -0.4 is 5.32 Å². The average Bonchev–Trinajstić information content (AvgIpc) is 2.97. The maximum atomic E-state index is 4.45. The lowest BCUT2D eigenvalue weighted by atomic mass is 9.97. The Morgan fingerprint density at radius 3 is 2.64 bits per heavy atom. The van der Waals surface area contributed by atoms with Crippen LogP contribution >= 0.6 is 11.3 Å². The van der Waals surface area contributed by atoms with E-state index in [1.54, 1.807) is 0 Å². The number of rotatable bonds is 2. The van der Waals surface area contributed by atoms with Crippen LogP contribution in [0.3, 0.4) is 0 Å². The zero-order valence-corrected chi connectivity index (χ0v) is 13.1. The number of thiophene rings is 1. The number of hydrogen-bond acceptors (Lipinski definition) is 3. The smallest absolute Gasteiger partial charge is 0.0895 e. The Morgan fingerprint density at radius 2 is 1.77 bits per heavy atom. The van der Waals surface area contributed by atoms with E-state index in [1.807, 2.05) is 23.7 Å². The number of aryl methyl sites for hydroxylation is 1. The van der Waals surface area contributed by atoms with E-state index < -0.39 is 0 Å². The van der Waals surface area contributed by atoms with Crippen LogP contribution in [0, 0.1) is 6.92 Å². The van der Waals surface area contributed by atoms with Crippen LogP contribution in [0.1, 0.15) is 21.4 Å². The molecule has 1 atom stereocenters. The molecule has 1 aliphatic rings. The van der Waals surface area contributed by atoms with Crippen LogP contribution in [-0.4, -0.2) is 6.34 Å². The predicted octanol–water partition coefficient (Wildman–Crippen LogP) is 5.08. The zero-order valence-electron chi connectivity index (χ0n) is 12.3. The summed E-state index contributed by atoms with van der Waals surface area (Å²) in [6.07, 6.45) is 1.82. The number of hydrogen-bond donors (Lipinski definition) is 1. The van der Waals surface area contributed by atoms with Crippen molar-refractivity contribution in [1.82, 2.24) is 5.32 Å². The summed E-state index contributed by atoms with van der Waals surface area (Å²) in [4.78, 5) is 7.13. The fourth-order valence-corrected chi connectivity index (χ4v) is 4.05. The summed E-state index contributed by atoms with van der Waals surface area (Å²) in [6.45, 7) is 2.17. The van der Waals surface area contributed by atoms with E-state index in [4.69, 9.17) is 0 Å². The minimum atomic E-state index is 0.169. The Hall–Kier alpha value is -2.39. The molecule has 2 aromatic carbocycles. The van der Waals surface area contributed by atoms with Gasteiger partial charge in [0.2, 0.25) is 0 Å². The van der Waals surface area contributed by atoms with Crippen molar-refractivity contribution in [3.63, 3.8) is 0 Å². The van der Waals surface area contributed by atoms with Crippen molar-refractivity contribution in [2.45, 2.75) is 13.0 Å². The molecule has 4 rings (SSSR count). The number of benzene rings is 2. The molecule has 22 heavy (non-hydrogen) atoms. The summed E-state index contributed by atoms with van der Waals surface area (Å²) in [5, 5.41) is 3.43. The van der Waals surface area contributed by atoms with Gasteiger partial charge in [0.05, 0.1) is 18.1 Å². The van der Waals surface area contributed by atoms with E-state index in [0.29, 0.717) is 0 Å². The number of nitrogens with zero attached hydrogens (tertiary/aromatic N) is 1. The molecular formula is C19H16N2S. The lowest BCUT2D eigenvalue weighted by Crippen LogP contribution is -2.23. The summed E-state index contributed by atoms with van der Waals surface area (Å²) in [6, 6.07) is 21.4. The largest absolute Gasteiger partial charge is 0.364 e. The minimum Gasteiger partial charge on any atom is -0.364 e. The number of aliphatic imine (C=N–C) groups is 1. The van der Waals surface area contributed by atoms with E-state index in [-0.39, 0.29) is 6.04 Å². The van der Waals surface area contributed by atoms with E-state index in [9.17, 15) is 0 Å². The molecule has 0 bridgehead atoms. The topological polar surface area (TPSA) is 24.4 Å². The van der Waals surface area contributed by atoms with E-state index in [2.05, 4.69) is 71.8 Å². The Morgan fingerprint density at radius 1 is 1.00 bits per heavy atom. The quantitative estimate of drug-likeness (QED) is 0.702. The molecule has 108 valence electrons. The van der Waals surface area contributed by atoms with Gasteiger partial charge in [0.1, 0.15) is 0 Å². The van der Waals surface area contributed by atoms with Crippen LogP contribution in [0.5, 0.6) is 0 Å². The Labute approximate surface area is 134 Å². The highest BCUT2D eigenvalue weighted by molar-refractivity contribution is 7.12. The molecule has 1 N–H and O–H groups in total. The Bertz CT molecular complexity index is 834. The van der Waals surface area contributed by atoms with Crippen LogP contribution in [0.15, 0.2) is 65.7 Å². The maximum Gasteiger partial charge on any atom is 0.0895 e. The van der Waals surface area contributed by atoms with Crippen molar-refractivity contribution in [2.75, 3.05) is 0 Å². The summed E-state index contributed by atoms with van der Waals surface area (Å²) >= 11 is 1.86. The van der Waals surface area contributed by atoms with Gasteiger partial charge in [-0.2, -0.15) is 0 Å². The lowest BCUT2D eigenvalue weighted by Gasteiger charge is -2.23. The second-order valence-electron chi connectivity index (χ2n) is 5.42. The van der Waals surface area contributed by atoms with Gasteiger partial charge in [-0.15, -0.1) is 11.3 Å². The first-order valence-electron chi connectivity index (χ1n) is 7.36. The molecule has 0 saturated heterocycles. The van der Waals surface area contributed by atoms with Gasteiger partial charge in [-0.05, 0) is 30.2 Å². The van der Waals surface area contributed by atoms with Crippen molar-refractivity contribution < 1.29 is 0 Å². The third kappa shape index (κ3) is 2.24. The summed E-state index contributed by atoms with van der Waals surface area (Å²) < 4.78 is 0. The second-order valence-corrected chi connectivity index (χ2v) is 6.71. The first-order valence-corrected chi connectivity index (χ1v) is 8.18. The molecule has 1 aliphatic heterocycles. The maximum absolute atomic E-state index is 4.45. The molecule has 0 saturated carbocycles. The highest BCUT2D eigenvalue weighted by Gasteiger charge is 2.24. The Kier molecular flexibility index (Phi) is 3.28. The first-order chi connectivity index (χ1) is 10.8. The van der Waals surface area contributed by atoms with E-state index in [0.717, 1.165) is 5.69 Å². The van der Waals surface area contributed by atoms with Gasteiger partial charge < -0.3 is 5.32 Å². The summed E-state index contributed by atoms with van der Waals surface area (Å²) in [7, 11) is 0. The highest BCUT2D eigenvalue weighted by atomic mass is 32.1. The van der Waals surface area contributed by atoms with E-state index in [1.165, 1.54) is 26.4 Å². The van der Waals surface area contributed by atoms with Crippen LogP contribution in [-0.2, 0) is 0 Å². The molecule has 2 heterocycles. The van der Waals surface area contributed by atoms with Gasteiger partial charge in [-0.1, -0.05) is 48.5 Å². The molecule has 2 nitrogen and oxygen atoms in total. The van der Waals surface area contributed by atoms with Gasteiger partial charge in [0, 0.05) is 15.3 Å². The molecular weight excluding hydrogens is 288 g/mol. The van der Waals surface area contributed by atoms with Crippen LogP contribution in [0.2, 0.25) is 0 Å². The first kappa shape index (κ1) is 13.3. The molecule has 1 aromatic heterocycles. The summed E-state index contributed by atoms with van der Waals surface area (Å²) in [5.41, 5.74) is 4.87. The number of nitrogens with one attached hydrogen (secondary N) is 1. The molecule has 0 amide bonds. The monoisotopic (exact) mass is 304 g/mol. The molecule has 1 unspecified atom stereocenters. The van der Waals surface area contributed by atoms with Crippen LogP contribution in [0.25, 0.3) is 11.1 Å². The summed E-state index contributed by atoms with van der Waals surface area (Å²) in [5.74, 6) is 0. The normalized spacial score (nSPS) is 16.1. The van der Waals surface area contributed by atoms with Crippen molar-refractivity contribution in [1.29, 1.82) is 0 Å². The van der Waals surface area contributed by atoms with Gasteiger partial charge in [-0.25, -0.2) is 4.99 Å². The third-order valence-electron chi connectivity index (χ3n) is 3.92. The van der Waals surface area contributed by atoms with Gasteiger partial charge in [0.15, 0.2) is 0 Å². The molecule has 3 heteroatoms.